The number of aromatic nitrogens is 2. The average Bonchev–Trinajstić information content (AvgIpc) is 3.15. The molecule has 26 heavy (non-hydrogen) atoms. The fraction of sp³-hybridized carbons (Fsp3) is 0.450. The van der Waals surface area contributed by atoms with E-state index in [9.17, 15) is 9.59 Å². The lowest BCUT2D eigenvalue weighted by atomic mass is 10.1. The molecule has 0 bridgehead atoms. The van der Waals surface area contributed by atoms with E-state index in [2.05, 4.69) is 10.4 Å². The molecule has 6 heteroatoms. The minimum atomic E-state index is -0.282. The number of carbonyl (C=O) groups excluding carboxylic acids is 2. The van der Waals surface area contributed by atoms with Gasteiger partial charge in [0.15, 0.2) is 0 Å². The Morgan fingerprint density at radius 1 is 1.15 bits per heavy atom. The molecular formula is C20H24N4O2. The fourth-order valence-electron chi connectivity index (χ4n) is 3.47. The Hall–Kier alpha value is -2.63. The summed E-state index contributed by atoms with van der Waals surface area (Å²) in [6, 6.07) is 9.96. The monoisotopic (exact) mass is 352 g/mol. The van der Waals surface area contributed by atoms with Crippen molar-refractivity contribution >= 4 is 11.8 Å². The number of para-hydroxylation sites is 1. The minimum Gasteiger partial charge on any atom is -0.352 e. The molecule has 1 N–H and O–H groups in total. The smallest absolute Gasteiger partial charge is 0.243 e. The van der Waals surface area contributed by atoms with Crippen molar-refractivity contribution in [2.75, 3.05) is 6.54 Å². The Balaban J connectivity index is 1.33. The zero-order chi connectivity index (χ0) is 17.9. The highest BCUT2D eigenvalue weighted by atomic mass is 16.2. The maximum Gasteiger partial charge on any atom is 0.243 e. The molecule has 1 aliphatic heterocycles. The van der Waals surface area contributed by atoms with E-state index in [1.54, 1.807) is 4.90 Å². The Labute approximate surface area is 153 Å². The van der Waals surface area contributed by atoms with Crippen LogP contribution in [0.2, 0.25) is 0 Å². The summed E-state index contributed by atoms with van der Waals surface area (Å²) < 4.78 is 1.82. The zero-order valence-electron chi connectivity index (χ0n) is 14.8. The van der Waals surface area contributed by atoms with Crippen LogP contribution in [0, 0.1) is 0 Å². The van der Waals surface area contributed by atoms with Gasteiger partial charge in [-0.3, -0.25) is 9.59 Å². The molecule has 2 heterocycles. The van der Waals surface area contributed by atoms with Crippen LogP contribution in [0.3, 0.4) is 0 Å². The summed E-state index contributed by atoms with van der Waals surface area (Å²) in [4.78, 5) is 26.7. The van der Waals surface area contributed by atoms with Crippen LogP contribution in [0.4, 0.5) is 0 Å². The van der Waals surface area contributed by atoms with Crippen LogP contribution in [0.1, 0.15) is 37.7 Å². The van der Waals surface area contributed by atoms with Crippen LogP contribution >= 0.6 is 0 Å². The summed E-state index contributed by atoms with van der Waals surface area (Å²) in [6.07, 6.45) is 8.63. The van der Waals surface area contributed by atoms with Crippen LogP contribution in [0.15, 0.2) is 42.7 Å². The van der Waals surface area contributed by atoms with Gasteiger partial charge in [-0.2, -0.15) is 5.10 Å². The van der Waals surface area contributed by atoms with Gasteiger partial charge in [0.25, 0.3) is 0 Å². The lowest BCUT2D eigenvalue weighted by Crippen LogP contribution is -2.46. The maximum absolute atomic E-state index is 12.6. The number of rotatable bonds is 6. The number of carbonyl (C=O) groups is 2. The first kappa shape index (κ1) is 16.8. The molecule has 0 spiro atoms. The van der Waals surface area contributed by atoms with Gasteiger partial charge in [-0.05, 0) is 49.8 Å². The SMILES string of the molecule is O=C(NC1CC1)[C@@H]1CCCN1C(=O)CCc1cnn(-c2ccccc2)c1. The second kappa shape index (κ2) is 7.32. The first-order valence-electron chi connectivity index (χ1n) is 9.39. The highest BCUT2D eigenvalue weighted by Gasteiger charge is 2.36. The molecule has 4 rings (SSSR count). The molecule has 0 radical (unpaired) electrons. The van der Waals surface area contributed by atoms with Crippen molar-refractivity contribution in [2.45, 2.75) is 50.6 Å². The van der Waals surface area contributed by atoms with E-state index in [1.165, 1.54) is 0 Å². The molecule has 1 saturated heterocycles. The van der Waals surface area contributed by atoms with Gasteiger partial charge in [0, 0.05) is 25.2 Å². The van der Waals surface area contributed by atoms with Crippen molar-refractivity contribution in [3.63, 3.8) is 0 Å². The lowest BCUT2D eigenvalue weighted by molar-refractivity contribution is -0.138. The predicted molar refractivity (Wildman–Crippen MR) is 97.8 cm³/mol. The fourth-order valence-corrected chi connectivity index (χ4v) is 3.47. The normalized spacial score (nSPS) is 19.5. The molecule has 0 unspecified atom stereocenters. The van der Waals surface area contributed by atoms with Gasteiger partial charge < -0.3 is 10.2 Å². The first-order valence-corrected chi connectivity index (χ1v) is 9.39. The third-order valence-corrected chi connectivity index (χ3v) is 5.08. The highest BCUT2D eigenvalue weighted by Crippen LogP contribution is 2.23. The second-order valence-electron chi connectivity index (χ2n) is 7.16. The quantitative estimate of drug-likeness (QED) is 0.865. The van der Waals surface area contributed by atoms with Crippen LogP contribution in [0.5, 0.6) is 0 Å². The number of nitrogens with zero attached hydrogens (tertiary/aromatic N) is 3. The molecule has 1 aliphatic carbocycles. The molecule has 2 aliphatic rings. The highest BCUT2D eigenvalue weighted by molar-refractivity contribution is 5.88. The number of nitrogens with one attached hydrogen (secondary N) is 1. The van der Waals surface area contributed by atoms with Gasteiger partial charge in [0.2, 0.25) is 11.8 Å². The van der Waals surface area contributed by atoms with Gasteiger partial charge in [-0.25, -0.2) is 4.68 Å². The number of benzene rings is 1. The van der Waals surface area contributed by atoms with Gasteiger partial charge in [0.1, 0.15) is 6.04 Å². The Bertz CT molecular complexity index is 782. The van der Waals surface area contributed by atoms with Crippen LogP contribution in [-0.2, 0) is 16.0 Å². The summed E-state index contributed by atoms with van der Waals surface area (Å²) in [5.41, 5.74) is 2.03. The van der Waals surface area contributed by atoms with E-state index >= 15 is 0 Å². The summed E-state index contributed by atoms with van der Waals surface area (Å²) in [6.45, 7) is 0.685. The van der Waals surface area contributed by atoms with E-state index < -0.39 is 0 Å². The minimum absolute atomic E-state index is 0.0234. The number of aryl methyl sites for hydroxylation is 1. The Morgan fingerprint density at radius 3 is 2.73 bits per heavy atom. The van der Waals surface area contributed by atoms with E-state index in [0.717, 1.165) is 36.9 Å². The topological polar surface area (TPSA) is 67.2 Å². The third-order valence-electron chi connectivity index (χ3n) is 5.08. The summed E-state index contributed by atoms with van der Waals surface area (Å²) >= 11 is 0. The molecule has 6 nitrogen and oxygen atoms in total. The molecular weight excluding hydrogens is 328 g/mol. The molecule has 1 saturated carbocycles. The third kappa shape index (κ3) is 3.79. The zero-order valence-corrected chi connectivity index (χ0v) is 14.8. The van der Waals surface area contributed by atoms with Crippen molar-refractivity contribution in [1.29, 1.82) is 0 Å². The van der Waals surface area contributed by atoms with Crippen LogP contribution in [0.25, 0.3) is 5.69 Å². The molecule has 136 valence electrons. The lowest BCUT2D eigenvalue weighted by Gasteiger charge is -2.24. The molecule has 1 atom stereocenters. The molecule has 1 aromatic heterocycles. The average molecular weight is 352 g/mol. The number of hydrogen-bond acceptors (Lipinski definition) is 3. The Kier molecular flexibility index (Phi) is 4.73. The summed E-state index contributed by atoms with van der Waals surface area (Å²) in [5.74, 6) is 0.0844. The molecule has 2 fully saturated rings. The number of likely N-dealkylation sites (tertiary alicyclic amines) is 1. The molecule has 2 aromatic rings. The Morgan fingerprint density at radius 2 is 1.96 bits per heavy atom. The summed E-state index contributed by atoms with van der Waals surface area (Å²) in [7, 11) is 0. The van der Waals surface area contributed by atoms with Crippen molar-refractivity contribution in [2.24, 2.45) is 0 Å². The van der Waals surface area contributed by atoms with Gasteiger partial charge in [0.05, 0.1) is 11.9 Å². The van der Waals surface area contributed by atoms with Crippen LogP contribution in [-0.4, -0.2) is 45.1 Å². The van der Waals surface area contributed by atoms with E-state index in [4.69, 9.17) is 0 Å². The van der Waals surface area contributed by atoms with Crippen molar-refractivity contribution < 1.29 is 9.59 Å². The number of amides is 2. The van der Waals surface area contributed by atoms with Gasteiger partial charge in [-0.15, -0.1) is 0 Å². The van der Waals surface area contributed by atoms with Gasteiger partial charge >= 0.3 is 0 Å². The maximum atomic E-state index is 12.6. The summed E-state index contributed by atoms with van der Waals surface area (Å²) in [5, 5.41) is 7.40. The van der Waals surface area contributed by atoms with E-state index in [-0.39, 0.29) is 17.9 Å². The van der Waals surface area contributed by atoms with E-state index in [1.807, 2.05) is 47.4 Å². The first-order chi connectivity index (χ1) is 12.7. The van der Waals surface area contributed by atoms with E-state index in [0.29, 0.717) is 25.4 Å². The van der Waals surface area contributed by atoms with Crippen LogP contribution < -0.4 is 5.32 Å². The van der Waals surface area contributed by atoms with Gasteiger partial charge in [-0.1, -0.05) is 18.2 Å². The predicted octanol–water partition coefficient (Wildman–Crippen LogP) is 2.07. The standard InChI is InChI=1S/C20H24N4O2/c25-19(23-12-4-7-18(23)20(26)22-16-9-10-16)11-8-15-13-21-24(14-15)17-5-2-1-3-6-17/h1-3,5-6,13-14,16,18H,4,7-12H2,(H,22,26)/t18-/m0/s1. The second-order valence-corrected chi connectivity index (χ2v) is 7.16. The van der Waals surface area contributed by atoms with Crippen molar-refractivity contribution in [1.82, 2.24) is 20.0 Å². The molecule has 2 amide bonds. The largest absolute Gasteiger partial charge is 0.352 e. The number of hydrogen-bond donors (Lipinski definition) is 1. The molecule has 1 aromatic carbocycles. The van der Waals surface area contributed by atoms with Crippen molar-refractivity contribution in [3.8, 4) is 5.69 Å². The van der Waals surface area contributed by atoms with Crippen molar-refractivity contribution in [3.05, 3.63) is 48.3 Å².